The van der Waals surface area contributed by atoms with Crippen LogP contribution in [0.5, 0.6) is 11.5 Å². The molecular weight excluding hydrogens is 386 g/mol. The van der Waals surface area contributed by atoms with Gasteiger partial charge in [0.15, 0.2) is 0 Å². The number of nitrogens with one attached hydrogen (secondary N) is 1. The molecule has 0 saturated carbocycles. The summed E-state index contributed by atoms with van der Waals surface area (Å²) in [7, 11) is 3.07. The van der Waals surface area contributed by atoms with Gasteiger partial charge in [-0.15, -0.1) is 0 Å². The molecule has 0 aromatic heterocycles. The number of nitro benzene ring substituents is 1. The molecule has 0 radical (unpaired) electrons. The lowest BCUT2D eigenvalue weighted by Crippen LogP contribution is -2.40. The average Bonchev–Trinajstić information content (AvgIpc) is 2.79. The molecule has 3 rings (SSSR count). The van der Waals surface area contributed by atoms with Crippen LogP contribution in [-0.4, -0.2) is 49.6 Å². The van der Waals surface area contributed by atoms with Crippen LogP contribution in [0.3, 0.4) is 0 Å². The summed E-state index contributed by atoms with van der Waals surface area (Å²) < 4.78 is 10.5. The molecule has 160 valence electrons. The van der Waals surface area contributed by atoms with Gasteiger partial charge >= 0.3 is 0 Å². The third-order valence-electron chi connectivity index (χ3n) is 5.43. The van der Waals surface area contributed by atoms with Crippen LogP contribution in [0.15, 0.2) is 42.5 Å². The van der Waals surface area contributed by atoms with Gasteiger partial charge in [-0.1, -0.05) is 18.6 Å². The fraction of sp³-hybridized carbons (Fsp3) is 0.409. The Hall–Kier alpha value is -3.13. The highest BCUT2D eigenvalue weighted by Crippen LogP contribution is 2.27. The first-order chi connectivity index (χ1) is 14.5. The van der Waals surface area contributed by atoms with Crippen LogP contribution < -0.4 is 14.8 Å². The third-order valence-corrected chi connectivity index (χ3v) is 5.43. The molecule has 30 heavy (non-hydrogen) atoms. The Morgan fingerprint density at radius 3 is 2.40 bits per heavy atom. The molecule has 2 aromatic carbocycles. The monoisotopic (exact) mass is 413 g/mol. The summed E-state index contributed by atoms with van der Waals surface area (Å²) in [6.07, 6.45) is 3.46. The van der Waals surface area contributed by atoms with Gasteiger partial charge < -0.3 is 14.8 Å². The highest BCUT2D eigenvalue weighted by molar-refractivity contribution is 5.97. The number of hydrogen-bond donors (Lipinski definition) is 1. The molecule has 8 nitrogen and oxygen atoms in total. The molecule has 1 heterocycles. The van der Waals surface area contributed by atoms with Gasteiger partial charge in [0.2, 0.25) is 0 Å². The van der Waals surface area contributed by atoms with E-state index >= 15 is 0 Å². The molecule has 0 aliphatic carbocycles. The molecule has 8 heteroatoms. The zero-order valence-corrected chi connectivity index (χ0v) is 17.3. The predicted octanol–water partition coefficient (Wildman–Crippen LogP) is 3.57. The molecule has 1 aliphatic heterocycles. The van der Waals surface area contributed by atoms with Crippen molar-refractivity contribution in [3.8, 4) is 11.5 Å². The Kier molecular flexibility index (Phi) is 7.24. The van der Waals surface area contributed by atoms with E-state index in [1.54, 1.807) is 7.11 Å². The zero-order chi connectivity index (χ0) is 21.5. The van der Waals surface area contributed by atoms with Gasteiger partial charge in [-0.05, 0) is 49.7 Å². The number of benzene rings is 2. The molecule has 1 N–H and O–H groups in total. The Bertz CT molecular complexity index is 879. The molecule has 1 aliphatic rings. The summed E-state index contributed by atoms with van der Waals surface area (Å²) in [5.41, 5.74) is 1.09. The van der Waals surface area contributed by atoms with Gasteiger partial charge in [-0.2, -0.15) is 0 Å². The van der Waals surface area contributed by atoms with E-state index < -0.39 is 10.8 Å². The van der Waals surface area contributed by atoms with E-state index in [-0.39, 0.29) is 17.3 Å². The van der Waals surface area contributed by atoms with Crippen LogP contribution in [0.2, 0.25) is 0 Å². The van der Waals surface area contributed by atoms with Crippen LogP contribution in [0.1, 0.15) is 41.2 Å². The molecule has 1 unspecified atom stereocenters. The smallest absolute Gasteiger partial charge is 0.270 e. The van der Waals surface area contributed by atoms with E-state index in [4.69, 9.17) is 9.47 Å². The van der Waals surface area contributed by atoms with Crippen molar-refractivity contribution in [1.29, 1.82) is 0 Å². The fourth-order valence-corrected chi connectivity index (χ4v) is 3.79. The van der Waals surface area contributed by atoms with Crippen molar-refractivity contribution < 1.29 is 19.2 Å². The Labute approximate surface area is 175 Å². The van der Waals surface area contributed by atoms with Crippen molar-refractivity contribution in [2.24, 2.45) is 0 Å². The third kappa shape index (κ3) is 5.07. The van der Waals surface area contributed by atoms with Crippen molar-refractivity contribution in [2.45, 2.75) is 25.3 Å². The molecule has 1 amide bonds. The minimum atomic E-state index is -0.524. The molecular formula is C22H27N3O5. The van der Waals surface area contributed by atoms with Gasteiger partial charge in [0.1, 0.15) is 11.5 Å². The maximum atomic E-state index is 12.9. The van der Waals surface area contributed by atoms with Crippen LogP contribution in [0.25, 0.3) is 0 Å². The van der Waals surface area contributed by atoms with Gasteiger partial charge in [0.25, 0.3) is 11.6 Å². The second-order valence-electron chi connectivity index (χ2n) is 7.24. The number of non-ortho nitro benzene ring substituents is 1. The number of hydrogen-bond acceptors (Lipinski definition) is 6. The zero-order valence-electron chi connectivity index (χ0n) is 17.3. The number of nitrogens with zero attached hydrogens (tertiary/aromatic N) is 2. The highest BCUT2D eigenvalue weighted by atomic mass is 16.6. The molecule has 0 bridgehead atoms. The van der Waals surface area contributed by atoms with E-state index in [1.165, 1.54) is 31.7 Å². The average molecular weight is 413 g/mol. The first kappa shape index (κ1) is 21.6. The van der Waals surface area contributed by atoms with Crippen molar-refractivity contribution >= 4 is 11.6 Å². The van der Waals surface area contributed by atoms with E-state index in [2.05, 4.69) is 10.2 Å². The topological polar surface area (TPSA) is 93.9 Å². The largest absolute Gasteiger partial charge is 0.497 e. The maximum absolute atomic E-state index is 12.9. The molecule has 1 fully saturated rings. The number of methoxy groups -OCH3 is 2. The molecule has 1 atom stereocenters. The van der Waals surface area contributed by atoms with Crippen LogP contribution >= 0.6 is 0 Å². The number of rotatable bonds is 8. The van der Waals surface area contributed by atoms with Crippen molar-refractivity contribution in [3.63, 3.8) is 0 Å². The number of carbonyl (C=O) groups is 1. The summed E-state index contributed by atoms with van der Waals surface area (Å²) in [5.74, 6) is 0.685. The highest BCUT2D eigenvalue weighted by Gasteiger charge is 2.24. The second kappa shape index (κ2) is 10.1. The van der Waals surface area contributed by atoms with Gasteiger partial charge in [-0.3, -0.25) is 19.8 Å². The standard InChI is InChI=1S/C22H27N3O5/c1-29-18-9-6-16(7-10-18)20(24-12-4-3-5-13-24)15-23-22(26)19-14-17(25(27)28)8-11-21(19)30-2/h6-11,14,20H,3-5,12-13,15H2,1-2H3,(H,23,26). The molecule has 2 aromatic rings. The lowest BCUT2D eigenvalue weighted by atomic mass is 10.0. The SMILES string of the molecule is COc1ccc(C(CNC(=O)c2cc([N+](=O)[O-])ccc2OC)N2CCCCC2)cc1. The Balaban J connectivity index is 1.80. The summed E-state index contributed by atoms with van der Waals surface area (Å²) >= 11 is 0. The summed E-state index contributed by atoms with van der Waals surface area (Å²) in [4.78, 5) is 25.8. The first-order valence-electron chi connectivity index (χ1n) is 10.0. The fourth-order valence-electron chi connectivity index (χ4n) is 3.79. The number of amides is 1. The van der Waals surface area contributed by atoms with Crippen LogP contribution in [-0.2, 0) is 0 Å². The Morgan fingerprint density at radius 2 is 1.80 bits per heavy atom. The summed E-state index contributed by atoms with van der Waals surface area (Å²) in [5, 5.41) is 14.1. The number of ether oxygens (including phenoxy) is 2. The van der Waals surface area contributed by atoms with E-state index in [0.29, 0.717) is 12.3 Å². The lowest BCUT2D eigenvalue weighted by molar-refractivity contribution is -0.384. The van der Waals surface area contributed by atoms with Crippen LogP contribution in [0, 0.1) is 10.1 Å². The minimum Gasteiger partial charge on any atom is -0.497 e. The number of nitro groups is 1. The summed E-state index contributed by atoms with van der Waals surface area (Å²) in [6, 6.07) is 11.9. The van der Waals surface area contributed by atoms with Gasteiger partial charge in [-0.25, -0.2) is 0 Å². The van der Waals surface area contributed by atoms with E-state index in [0.717, 1.165) is 37.2 Å². The van der Waals surface area contributed by atoms with Crippen LogP contribution in [0.4, 0.5) is 5.69 Å². The van der Waals surface area contributed by atoms with E-state index in [1.807, 2.05) is 24.3 Å². The van der Waals surface area contributed by atoms with Crippen molar-refractivity contribution in [2.75, 3.05) is 33.9 Å². The van der Waals surface area contributed by atoms with E-state index in [9.17, 15) is 14.9 Å². The van der Waals surface area contributed by atoms with Gasteiger partial charge in [0.05, 0.1) is 30.7 Å². The predicted molar refractivity (Wildman–Crippen MR) is 113 cm³/mol. The Morgan fingerprint density at radius 1 is 1.10 bits per heavy atom. The number of carbonyl (C=O) groups excluding carboxylic acids is 1. The normalized spacial score (nSPS) is 15.3. The second-order valence-corrected chi connectivity index (χ2v) is 7.24. The summed E-state index contributed by atoms with van der Waals surface area (Å²) in [6.45, 7) is 2.32. The van der Waals surface area contributed by atoms with Crippen molar-refractivity contribution in [3.05, 3.63) is 63.7 Å². The minimum absolute atomic E-state index is 0.00449. The van der Waals surface area contributed by atoms with Gasteiger partial charge in [0, 0.05) is 18.7 Å². The number of likely N-dealkylation sites (tertiary alicyclic amines) is 1. The lowest BCUT2D eigenvalue weighted by Gasteiger charge is -2.35. The first-order valence-corrected chi connectivity index (χ1v) is 10.0. The maximum Gasteiger partial charge on any atom is 0.270 e. The quantitative estimate of drug-likeness (QED) is 0.525. The molecule has 1 saturated heterocycles. The number of piperidine rings is 1. The molecule has 0 spiro atoms. The van der Waals surface area contributed by atoms with Crippen molar-refractivity contribution in [1.82, 2.24) is 10.2 Å².